The highest BCUT2D eigenvalue weighted by atomic mass is 35.5. The molecule has 4 N–H and O–H groups in total. The van der Waals surface area contributed by atoms with E-state index >= 15 is 0 Å². The standard InChI is InChI=1S/C18H40N2.2ClH/c1-3-5-7-9-13-17(19)15-11-12-16-18(20)14-10-8-6-4-2;;/h17-18H,3-16,19-20H2,1-2H3;2*1H. The zero-order chi connectivity index (χ0) is 15.1. The van der Waals surface area contributed by atoms with E-state index in [4.69, 9.17) is 11.5 Å². The van der Waals surface area contributed by atoms with E-state index in [0.717, 1.165) is 0 Å². The number of hydrogen-bond acceptors (Lipinski definition) is 2. The van der Waals surface area contributed by atoms with E-state index in [2.05, 4.69) is 13.8 Å². The molecule has 0 bridgehead atoms. The zero-order valence-corrected chi connectivity index (χ0v) is 16.7. The van der Waals surface area contributed by atoms with Gasteiger partial charge in [0, 0.05) is 12.1 Å². The lowest BCUT2D eigenvalue weighted by Gasteiger charge is -2.13. The third kappa shape index (κ3) is 20.5. The molecular weight excluding hydrogens is 315 g/mol. The van der Waals surface area contributed by atoms with Gasteiger partial charge in [-0.1, -0.05) is 78.1 Å². The summed E-state index contributed by atoms with van der Waals surface area (Å²) in [5.74, 6) is 0. The number of unbranched alkanes of at least 4 members (excludes halogenated alkanes) is 7. The van der Waals surface area contributed by atoms with Crippen LogP contribution in [0.4, 0.5) is 0 Å². The molecule has 0 aromatic carbocycles. The van der Waals surface area contributed by atoms with Gasteiger partial charge in [0.05, 0.1) is 0 Å². The van der Waals surface area contributed by atoms with Crippen LogP contribution < -0.4 is 11.5 Å². The molecule has 0 aliphatic rings. The number of hydrogen-bond donors (Lipinski definition) is 2. The van der Waals surface area contributed by atoms with E-state index in [9.17, 15) is 0 Å². The molecule has 22 heavy (non-hydrogen) atoms. The van der Waals surface area contributed by atoms with Crippen LogP contribution in [0.1, 0.15) is 104 Å². The molecule has 0 rings (SSSR count). The summed E-state index contributed by atoms with van der Waals surface area (Å²) in [4.78, 5) is 0. The summed E-state index contributed by atoms with van der Waals surface area (Å²) in [5.41, 5.74) is 12.3. The first-order valence-corrected chi connectivity index (χ1v) is 9.21. The topological polar surface area (TPSA) is 52.0 Å². The minimum absolute atomic E-state index is 0. The molecule has 0 aromatic heterocycles. The Hall–Kier alpha value is 0.500. The van der Waals surface area contributed by atoms with Crippen LogP contribution >= 0.6 is 24.8 Å². The Balaban J connectivity index is -0.00000180. The summed E-state index contributed by atoms with van der Waals surface area (Å²) in [6.07, 6.45) is 18.0. The second-order valence-electron chi connectivity index (χ2n) is 6.50. The molecule has 0 radical (unpaired) electrons. The van der Waals surface area contributed by atoms with Crippen LogP contribution in [0.2, 0.25) is 0 Å². The van der Waals surface area contributed by atoms with Gasteiger partial charge in [-0.05, 0) is 25.7 Å². The zero-order valence-electron chi connectivity index (χ0n) is 15.0. The molecule has 2 unspecified atom stereocenters. The second-order valence-corrected chi connectivity index (χ2v) is 6.50. The summed E-state index contributed by atoms with van der Waals surface area (Å²) >= 11 is 0. The first-order valence-electron chi connectivity index (χ1n) is 9.21. The largest absolute Gasteiger partial charge is 0.328 e. The number of nitrogens with two attached hydrogens (primary N) is 2. The van der Waals surface area contributed by atoms with Crippen LogP contribution in [-0.2, 0) is 0 Å². The first-order chi connectivity index (χ1) is 9.70. The van der Waals surface area contributed by atoms with Crippen molar-refractivity contribution in [2.75, 3.05) is 0 Å². The van der Waals surface area contributed by atoms with Crippen molar-refractivity contribution in [2.24, 2.45) is 11.5 Å². The molecule has 0 fully saturated rings. The van der Waals surface area contributed by atoms with Crippen LogP contribution in [0, 0.1) is 0 Å². The Bertz CT molecular complexity index is 172. The van der Waals surface area contributed by atoms with E-state index in [-0.39, 0.29) is 24.8 Å². The molecule has 2 nitrogen and oxygen atoms in total. The predicted molar refractivity (Wildman–Crippen MR) is 106 cm³/mol. The Morgan fingerprint density at radius 3 is 1.05 bits per heavy atom. The maximum Gasteiger partial charge on any atom is 0.00388 e. The Morgan fingerprint density at radius 1 is 0.500 bits per heavy atom. The smallest absolute Gasteiger partial charge is 0.00388 e. The van der Waals surface area contributed by atoms with Gasteiger partial charge in [-0.2, -0.15) is 0 Å². The van der Waals surface area contributed by atoms with Gasteiger partial charge in [0.2, 0.25) is 0 Å². The highest BCUT2D eigenvalue weighted by Crippen LogP contribution is 2.13. The lowest BCUT2D eigenvalue weighted by Crippen LogP contribution is -2.21. The molecule has 0 saturated carbocycles. The summed E-state index contributed by atoms with van der Waals surface area (Å²) in [6, 6.07) is 0.847. The SMILES string of the molecule is CCCCCCC(N)CCCCC(N)CCCCCC.Cl.Cl. The molecule has 0 aromatic rings. The second kappa shape index (κ2) is 21.5. The van der Waals surface area contributed by atoms with Crippen molar-refractivity contribution in [3.05, 3.63) is 0 Å². The third-order valence-electron chi connectivity index (χ3n) is 4.26. The Morgan fingerprint density at radius 2 is 0.773 bits per heavy atom. The maximum absolute atomic E-state index is 6.16. The first kappa shape index (κ1) is 27.4. The van der Waals surface area contributed by atoms with Crippen molar-refractivity contribution in [3.63, 3.8) is 0 Å². The third-order valence-corrected chi connectivity index (χ3v) is 4.26. The molecule has 0 heterocycles. The fourth-order valence-electron chi connectivity index (χ4n) is 2.77. The highest BCUT2D eigenvalue weighted by Gasteiger charge is 2.05. The molecule has 138 valence electrons. The molecule has 4 heteroatoms. The number of rotatable bonds is 15. The summed E-state index contributed by atoms with van der Waals surface area (Å²) in [7, 11) is 0. The lowest BCUT2D eigenvalue weighted by atomic mass is 9.99. The van der Waals surface area contributed by atoms with Gasteiger partial charge in [-0.15, -0.1) is 24.8 Å². The van der Waals surface area contributed by atoms with Crippen molar-refractivity contribution >= 4 is 24.8 Å². The van der Waals surface area contributed by atoms with Crippen LogP contribution in [0.5, 0.6) is 0 Å². The van der Waals surface area contributed by atoms with Crippen LogP contribution in [0.3, 0.4) is 0 Å². The summed E-state index contributed by atoms with van der Waals surface area (Å²) < 4.78 is 0. The normalized spacial score (nSPS) is 13.1. The van der Waals surface area contributed by atoms with Gasteiger partial charge in [0.1, 0.15) is 0 Å². The van der Waals surface area contributed by atoms with Gasteiger partial charge in [0.25, 0.3) is 0 Å². The Kier molecular flexibility index (Phi) is 26.7. The molecule has 0 spiro atoms. The fourth-order valence-corrected chi connectivity index (χ4v) is 2.77. The van der Waals surface area contributed by atoms with Crippen LogP contribution in [0.15, 0.2) is 0 Å². The van der Waals surface area contributed by atoms with E-state index in [1.54, 1.807) is 0 Å². The Labute approximate surface area is 152 Å². The van der Waals surface area contributed by atoms with Gasteiger partial charge >= 0.3 is 0 Å². The molecule has 0 amide bonds. The fraction of sp³-hybridized carbons (Fsp3) is 1.00. The number of halogens is 2. The van der Waals surface area contributed by atoms with Gasteiger partial charge in [-0.25, -0.2) is 0 Å². The minimum atomic E-state index is 0. The summed E-state index contributed by atoms with van der Waals surface area (Å²) in [5, 5.41) is 0. The van der Waals surface area contributed by atoms with E-state index in [1.807, 2.05) is 0 Å². The minimum Gasteiger partial charge on any atom is -0.328 e. The van der Waals surface area contributed by atoms with E-state index in [0.29, 0.717) is 12.1 Å². The van der Waals surface area contributed by atoms with Crippen molar-refractivity contribution in [2.45, 2.75) is 116 Å². The van der Waals surface area contributed by atoms with E-state index in [1.165, 1.54) is 89.9 Å². The van der Waals surface area contributed by atoms with Crippen molar-refractivity contribution in [3.8, 4) is 0 Å². The average molecular weight is 357 g/mol. The van der Waals surface area contributed by atoms with Crippen molar-refractivity contribution < 1.29 is 0 Å². The highest BCUT2D eigenvalue weighted by molar-refractivity contribution is 5.85. The lowest BCUT2D eigenvalue weighted by molar-refractivity contribution is 0.462. The average Bonchev–Trinajstić information content (AvgIpc) is 2.44. The van der Waals surface area contributed by atoms with Crippen molar-refractivity contribution in [1.82, 2.24) is 0 Å². The monoisotopic (exact) mass is 356 g/mol. The predicted octanol–water partition coefficient (Wildman–Crippen LogP) is 5.99. The molecule has 0 saturated heterocycles. The molecular formula is C18H42Cl2N2. The molecule has 0 aliphatic heterocycles. The van der Waals surface area contributed by atoms with Crippen molar-refractivity contribution in [1.29, 1.82) is 0 Å². The van der Waals surface area contributed by atoms with Gasteiger partial charge in [-0.3, -0.25) is 0 Å². The van der Waals surface area contributed by atoms with Crippen LogP contribution in [0.25, 0.3) is 0 Å². The quantitative estimate of drug-likeness (QED) is 0.354. The van der Waals surface area contributed by atoms with Crippen LogP contribution in [-0.4, -0.2) is 12.1 Å². The maximum atomic E-state index is 6.16. The molecule has 0 aliphatic carbocycles. The van der Waals surface area contributed by atoms with Gasteiger partial charge < -0.3 is 11.5 Å². The van der Waals surface area contributed by atoms with E-state index < -0.39 is 0 Å². The van der Waals surface area contributed by atoms with Gasteiger partial charge in [0.15, 0.2) is 0 Å². The molecule has 2 atom stereocenters. The summed E-state index contributed by atoms with van der Waals surface area (Å²) in [6.45, 7) is 4.51.